The van der Waals surface area contributed by atoms with E-state index < -0.39 is 17.8 Å². The summed E-state index contributed by atoms with van der Waals surface area (Å²) in [5.74, 6) is -1.55. The number of imide groups is 1. The molecular formula is C25H18Cl2N2O4S. The van der Waals surface area contributed by atoms with Gasteiger partial charge in [0.1, 0.15) is 10.6 Å². The van der Waals surface area contributed by atoms with Crippen molar-refractivity contribution in [3.8, 4) is 0 Å². The van der Waals surface area contributed by atoms with Gasteiger partial charge in [0, 0.05) is 15.6 Å². The normalized spacial score (nSPS) is 13.4. The molecule has 4 rings (SSSR count). The molecule has 1 aliphatic rings. The molecule has 1 heterocycles. The Kier molecular flexibility index (Phi) is 7.26. The van der Waals surface area contributed by atoms with Gasteiger partial charge in [0.05, 0.1) is 22.9 Å². The third-order valence-electron chi connectivity index (χ3n) is 4.81. The van der Waals surface area contributed by atoms with E-state index in [1.54, 1.807) is 79.7 Å². The Labute approximate surface area is 210 Å². The lowest BCUT2D eigenvalue weighted by Gasteiger charge is -2.16. The molecule has 0 radical (unpaired) electrons. The number of esters is 1. The highest BCUT2D eigenvalue weighted by atomic mass is 35.5. The van der Waals surface area contributed by atoms with Crippen molar-refractivity contribution in [2.24, 2.45) is 0 Å². The highest BCUT2D eigenvalue weighted by Gasteiger charge is 2.41. The van der Waals surface area contributed by atoms with Crippen LogP contribution in [-0.2, 0) is 14.3 Å². The van der Waals surface area contributed by atoms with E-state index in [-0.39, 0.29) is 27.9 Å². The third-order valence-corrected chi connectivity index (χ3v) is 6.47. The van der Waals surface area contributed by atoms with Crippen molar-refractivity contribution >= 4 is 64.1 Å². The minimum Gasteiger partial charge on any atom is -0.462 e. The molecule has 0 fully saturated rings. The van der Waals surface area contributed by atoms with Gasteiger partial charge in [-0.15, -0.1) is 0 Å². The minimum atomic E-state index is -0.559. The van der Waals surface area contributed by atoms with Crippen molar-refractivity contribution in [2.45, 2.75) is 11.8 Å². The second-order valence-corrected chi connectivity index (χ2v) is 9.01. The third kappa shape index (κ3) is 4.97. The lowest BCUT2D eigenvalue weighted by atomic mass is 10.2. The molecule has 0 bridgehead atoms. The zero-order valence-electron chi connectivity index (χ0n) is 17.9. The number of carbonyl (C=O) groups excluding carboxylic acids is 3. The maximum absolute atomic E-state index is 13.4. The predicted molar refractivity (Wildman–Crippen MR) is 134 cm³/mol. The van der Waals surface area contributed by atoms with Gasteiger partial charge in [-0.05, 0) is 61.5 Å². The van der Waals surface area contributed by atoms with Crippen LogP contribution in [0.2, 0.25) is 10.0 Å². The molecule has 0 saturated carbocycles. The molecule has 0 atom stereocenters. The molecule has 34 heavy (non-hydrogen) atoms. The SMILES string of the molecule is CCOC(=O)c1cccc(NC2=C(Sc3ccc(Cl)cc3)C(=O)N(c3ccccc3Cl)C2=O)c1. The molecule has 3 aromatic carbocycles. The Morgan fingerprint density at radius 2 is 1.71 bits per heavy atom. The Balaban J connectivity index is 1.74. The molecule has 1 aliphatic heterocycles. The van der Waals surface area contributed by atoms with E-state index in [1.807, 2.05) is 0 Å². The van der Waals surface area contributed by atoms with Crippen LogP contribution in [0.1, 0.15) is 17.3 Å². The number of benzene rings is 3. The van der Waals surface area contributed by atoms with E-state index in [4.69, 9.17) is 27.9 Å². The summed E-state index contributed by atoms with van der Waals surface area (Å²) in [5.41, 5.74) is 1.13. The molecule has 1 N–H and O–H groups in total. The second-order valence-electron chi connectivity index (χ2n) is 7.08. The van der Waals surface area contributed by atoms with Gasteiger partial charge in [-0.2, -0.15) is 0 Å². The Hall–Kier alpha value is -3.26. The smallest absolute Gasteiger partial charge is 0.338 e. The molecule has 6 nitrogen and oxygen atoms in total. The number of ether oxygens (including phenoxy) is 1. The number of carbonyl (C=O) groups is 3. The topological polar surface area (TPSA) is 75.7 Å². The fraction of sp³-hybridized carbons (Fsp3) is 0.0800. The fourth-order valence-corrected chi connectivity index (χ4v) is 4.54. The Morgan fingerprint density at radius 3 is 2.41 bits per heavy atom. The fourth-order valence-electron chi connectivity index (χ4n) is 3.27. The van der Waals surface area contributed by atoms with Crippen molar-refractivity contribution in [3.05, 3.63) is 99.0 Å². The van der Waals surface area contributed by atoms with Crippen molar-refractivity contribution in [2.75, 3.05) is 16.8 Å². The number of thioether (sulfide) groups is 1. The summed E-state index contributed by atoms with van der Waals surface area (Å²) >= 11 is 13.4. The highest BCUT2D eigenvalue weighted by molar-refractivity contribution is 8.04. The first kappa shape index (κ1) is 23.9. The number of rotatable bonds is 7. The quantitative estimate of drug-likeness (QED) is 0.301. The maximum Gasteiger partial charge on any atom is 0.338 e. The average Bonchev–Trinajstić information content (AvgIpc) is 3.05. The molecule has 172 valence electrons. The van der Waals surface area contributed by atoms with Crippen LogP contribution in [0, 0.1) is 0 Å². The first-order valence-corrected chi connectivity index (χ1v) is 11.8. The molecule has 0 unspecified atom stereocenters. The van der Waals surface area contributed by atoms with Crippen LogP contribution in [0.4, 0.5) is 11.4 Å². The molecular weight excluding hydrogens is 495 g/mol. The second kappa shape index (κ2) is 10.3. The molecule has 0 aromatic heterocycles. The number of amides is 2. The van der Waals surface area contributed by atoms with Crippen molar-refractivity contribution in [3.63, 3.8) is 0 Å². The van der Waals surface area contributed by atoms with E-state index in [2.05, 4.69) is 5.32 Å². The van der Waals surface area contributed by atoms with Crippen LogP contribution >= 0.6 is 35.0 Å². The van der Waals surface area contributed by atoms with Crippen LogP contribution in [-0.4, -0.2) is 24.4 Å². The van der Waals surface area contributed by atoms with Crippen LogP contribution in [0.25, 0.3) is 0 Å². The summed E-state index contributed by atoms with van der Waals surface area (Å²) in [6, 6.07) is 20.1. The minimum absolute atomic E-state index is 0.0749. The van der Waals surface area contributed by atoms with E-state index in [9.17, 15) is 14.4 Å². The van der Waals surface area contributed by atoms with Crippen molar-refractivity contribution in [1.82, 2.24) is 0 Å². The van der Waals surface area contributed by atoms with Gasteiger partial charge >= 0.3 is 5.97 Å². The predicted octanol–water partition coefficient (Wildman–Crippen LogP) is 6.16. The lowest BCUT2D eigenvalue weighted by Crippen LogP contribution is -2.32. The molecule has 0 saturated heterocycles. The van der Waals surface area contributed by atoms with E-state index in [1.165, 1.54) is 0 Å². The summed E-state index contributed by atoms with van der Waals surface area (Å²) in [4.78, 5) is 41.0. The van der Waals surface area contributed by atoms with Gasteiger partial charge in [-0.1, -0.05) is 53.2 Å². The number of nitrogens with one attached hydrogen (secondary N) is 1. The summed E-state index contributed by atoms with van der Waals surface area (Å²) < 4.78 is 5.05. The van der Waals surface area contributed by atoms with E-state index in [0.29, 0.717) is 16.3 Å². The average molecular weight is 513 g/mol. The Bertz CT molecular complexity index is 1310. The monoisotopic (exact) mass is 512 g/mol. The van der Waals surface area contributed by atoms with Gasteiger partial charge in [-0.25, -0.2) is 9.69 Å². The number of para-hydroxylation sites is 1. The van der Waals surface area contributed by atoms with Gasteiger partial charge in [0.2, 0.25) is 0 Å². The number of hydrogen-bond donors (Lipinski definition) is 1. The number of hydrogen-bond acceptors (Lipinski definition) is 6. The van der Waals surface area contributed by atoms with Gasteiger partial charge in [0.25, 0.3) is 11.8 Å². The molecule has 0 aliphatic carbocycles. The van der Waals surface area contributed by atoms with E-state index in [0.717, 1.165) is 21.6 Å². The maximum atomic E-state index is 13.4. The first-order valence-electron chi connectivity index (χ1n) is 10.2. The van der Waals surface area contributed by atoms with E-state index >= 15 is 0 Å². The molecule has 0 spiro atoms. The summed E-state index contributed by atoms with van der Waals surface area (Å²) in [5, 5.41) is 3.85. The van der Waals surface area contributed by atoms with Crippen molar-refractivity contribution < 1.29 is 19.1 Å². The van der Waals surface area contributed by atoms with Crippen LogP contribution in [0.3, 0.4) is 0 Å². The van der Waals surface area contributed by atoms with Crippen LogP contribution in [0.5, 0.6) is 0 Å². The Morgan fingerprint density at radius 1 is 0.971 bits per heavy atom. The number of anilines is 2. The number of halogens is 2. The summed E-state index contributed by atoms with van der Waals surface area (Å²) in [7, 11) is 0. The van der Waals surface area contributed by atoms with Gasteiger partial charge in [-0.3, -0.25) is 9.59 Å². The zero-order valence-corrected chi connectivity index (χ0v) is 20.2. The van der Waals surface area contributed by atoms with Crippen LogP contribution in [0.15, 0.2) is 88.3 Å². The first-order chi connectivity index (χ1) is 16.4. The van der Waals surface area contributed by atoms with Gasteiger partial charge < -0.3 is 10.1 Å². The largest absolute Gasteiger partial charge is 0.462 e. The molecule has 9 heteroatoms. The van der Waals surface area contributed by atoms with Crippen molar-refractivity contribution in [1.29, 1.82) is 0 Å². The zero-order chi connectivity index (χ0) is 24.2. The molecule has 2 amide bonds. The number of nitrogens with zero attached hydrogens (tertiary/aromatic N) is 1. The molecule has 3 aromatic rings. The standard InChI is InChI=1S/C25H18Cl2N2O4S/c1-2-33-25(32)15-6-5-7-17(14-15)28-21-22(34-18-12-10-16(26)11-13-18)24(31)29(23(21)30)20-9-4-3-8-19(20)27/h3-14,28H,2H2,1H3. The summed E-state index contributed by atoms with van der Waals surface area (Å²) in [6.45, 7) is 1.96. The lowest BCUT2D eigenvalue weighted by molar-refractivity contribution is -0.120. The highest BCUT2D eigenvalue weighted by Crippen LogP contribution is 2.39. The summed E-state index contributed by atoms with van der Waals surface area (Å²) in [6.07, 6.45) is 0. The van der Waals surface area contributed by atoms with Crippen LogP contribution < -0.4 is 10.2 Å². The van der Waals surface area contributed by atoms with Gasteiger partial charge in [0.15, 0.2) is 0 Å².